The molecule has 2 rings (SSSR count). The van der Waals surface area contributed by atoms with E-state index in [1.54, 1.807) is 6.07 Å². The quantitative estimate of drug-likeness (QED) is 0.439. The number of nitrogens with zero attached hydrogens (tertiary/aromatic N) is 5. The average molecular weight is 471 g/mol. The summed E-state index contributed by atoms with van der Waals surface area (Å²) in [7, 11) is -4.39. The molecule has 0 spiro atoms. The molecule has 0 saturated heterocycles. The molecule has 154 valence electrons. The number of sulfonamides is 1. The van der Waals surface area contributed by atoms with Gasteiger partial charge >= 0.3 is 10.2 Å². The van der Waals surface area contributed by atoms with Crippen molar-refractivity contribution in [2.45, 2.75) is 5.16 Å². The van der Waals surface area contributed by atoms with E-state index in [1.807, 2.05) is 0 Å². The molecule has 0 amide bonds. The molecule has 0 aliphatic rings. The third kappa shape index (κ3) is 4.98. The average Bonchev–Trinajstić information content (AvgIpc) is 3.13. The van der Waals surface area contributed by atoms with Gasteiger partial charge < -0.3 is 4.84 Å². The molecule has 0 unspecified atom stereocenters. The number of rotatable bonds is 8. The highest BCUT2D eigenvalue weighted by molar-refractivity contribution is 7.89. The van der Waals surface area contributed by atoms with Crippen LogP contribution in [0.1, 0.15) is 5.56 Å². The Hall–Kier alpha value is -1.77. The van der Waals surface area contributed by atoms with Gasteiger partial charge in [0.1, 0.15) is 19.1 Å². The number of hydrogen-bond acceptors (Lipinski definition) is 8. The van der Waals surface area contributed by atoms with Gasteiger partial charge in [0.25, 0.3) is 15.2 Å². The zero-order valence-electron chi connectivity index (χ0n) is 14.9. The minimum absolute atomic E-state index is 0.199. The van der Waals surface area contributed by atoms with Crippen LogP contribution in [0.4, 0.5) is 0 Å². The Bertz CT molecular complexity index is 1100. The molecule has 0 aliphatic heterocycles. The van der Waals surface area contributed by atoms with Gasteiger partial charge in [0.2, 0.25) is 0 Å². The molecule has 1 aromatic heterocycles. The van der Waals surface area contributed by atoms with Crippen LogP contribution in [0, 0.1) is 0 Å². The first kappa shape index (κ1) is 22.5. The van der Waals surface area contributed by atoms with Crippen molar-refractivity contribution in [2.24, 2.45) is 5.16 Å². The van der Waals surface area contributed by atoms with Gasteiger partial charge in [-0.05, 0) is 12.1 Å². The van der Waals surface area contributed by atoms with E-state index in [2.05, 4.69) is 20.0 Å². The molecule has 0 radical (unpaired) electrons. The lowest BCUT2D eigenvalue weighted by Gasteiger charge is -2.09. The van der Waals surface area contributed by atoms with Crippen LogP contribution in [0.25, 0.3) is 0 Å². The smallest absolute Gasteiger partial charge is 0.323 e. The van der Waals surface area contributed by atoms with Gasteiger partial charge in [0, 0.05) is 19.7 Å². The fourth-order valence-corrected chi connectivity index (χ4v) is 3.71. The summed E-state index contributed by atoms with van der Waals surface area (Å²) in [5.41, 5.74) is 0.664. The molecule has 28 heavy (non-hydrogen) atoms. The van der Waals surface area contributed by atoms with Crippen LogP contribution in [0.15, 0.2) is 34.8 Å². The third-order valence-electron chi connectivity index (χ3n) is 3.27. The topological polar surface area (TPSA) is 136 Å². The van der Waals surface area contributed by atoms with Crippen molar-refractivity contribution in [3.05, 3.63) is 40.1 Å². The molecular weight excluding hydrogens is 455 g/mol. The van der Waals surface area contributed by atoms with Crippen LogP contribution in [-0.2, 0) is 25.1 Å². The van der Waals surface area contributed by atoms with Gasteiger partial charge in [-0.15, -0.1) is 9.19 Å². The molecule has 0 saturated carbocycles. The zero-order chi connectivity index (χ0) is 21.1. The van der Waals surface area contributed by atoms with Crippen molar-refractivity contribution in [1.29, 1.82) is 0 Å². The van der Waals surface area contributed by atoms with Crippen LogP contribution < -0.4 is 4.72 Å². The monoisotopic (exact) mass is 470 g/mol. The van der Waals surface area contributed by atoms with Gasteiger partial charge in [-0.25, -0.2) is 18.1 Å². The number of halogens is 2. The Balaban J connectivity index is 2.25. The summed E-state index contributed by atoms with van der Waals surface area (Å²) in [6.07, 6.45) is 0.785. The van der Waals surface area contributed by atoms with Gasteiger partial charge in [-0.3, -0.25) is 0 Å². The van der Waals surface area contributed by atoms with Gasteiger partial charge in [0.15, 0.2) is 0 Å². The predicted molar refractivity (Wildman–Crippen MR) is 103 cm³/mol. The molecule has 0 bridgehead atoms. The molecule has 1 N–H and O–H groups in total. The number of benzene rings is 1. The van der Waals surface area contributed by atoms with E-state index in [-0.39, 0.29) is 17.3 Å². The Kier molecular flexibility index (Phi) is 7.01. The van der Waals surface area contributed by atoms with Crippen LogP contribution in [0.2, 0.25) is 10.0 Å². The maximum atomic E-state index is 12.4. The minimum atomic E-state index is -4.24. The molecule has 2 aromatic rings. The van der Waals surface area contributed by atoms with E-state index in [4.69, 9.17) is 28.0 Å². The van der Waals surface area contributed by atoms with E-state index in [9.17, 15) is 16.8 Å². The second kappa shape index (κ2) is 8.71. The van der Waals surface area contributed by atoms with Gasteiger partial charge in [0.05, 0.1) is 16.6 Å². The van der Waals surface area contributed by atoms with E-state index >= 15 is 0 Å². The normalized spacial score (nSPS) is 13.1. The van der Waals surface area contributed by atoms with Gasteiger partial charge in [-0.2, -0.15) is 12.7 Å². The summed E-state index contributed by atoms with van der Waals surface area (Å²) in [4.78, 5) is 8.28. The van der Waals surface area contributed by atoms with Gasteiger partial charge in [-0.1, -0.05) is 34.4 Å². The summed E-state index contributed by atoms with van der Waals surface area (Å²) in [5, 5.41) is 7.13. The lowest BCUT2D eigenvalue weighted by atomic mass is 10.1. The van der Waals surface area contributed by atoms with Crippen molar-refractivity contribution in [3.63, 3.8) is 0 Å². The van der Waals surface area contributed by atoms with Crippen molar-refractivity contribution >= 4 is 49.1 Å². The number of nitrogens with one attached hydrogen (secondary N) is 1. The van der Waals surface area contributed by atoms with Crippen molar-refractivity contribution in [2.75, 3.05) is 27.7 Å². The van der Waals surface area contributed by atoms with Crippen LogP contribution in [-0.4, -0.2) is 68.8 Å². The highest BCUT2D eigenvalue weighted by atomic mass is 35.5. The third-order valence-corrected chi connectivity index (χ3v) is 6.78. The first-order valence-electron chi connectivity index (χ1n) is 7.39. The maximum Gasteiger partial charge on any atom is 0.323 e. The summed E-state index contributed by atoms with van der Waals surface area (Å²) < 4.78 is 52.3. The SMILES string of the molecule is CO/N=C(\CNS(=O)(=O)c1ncn(S(=O)(=O)N(C)C)n1)c1ccc(Cl)c(Cl)c1. The molecule has 0 fully saturated rings. The standard InChI is InChI=1S/C13H16Cl2N6O5S2/c1-20(2)28(24,25)21-8-16-13(18-21)27(22,23)17-7-12(19-26-3)9-4-5-10(14)11(15)6-9/h4-6,8,17H,7H2,1-3H3/b19-12+. The van der Waals surface area contributed by atoms with Crippen molar-refractivity contribution in [3.8, 4) is 0 Å². The highest BCUT2D eigenvalue weighted by Crippen LogP contribution is 2.23. The van der Waals surface area contributed by atoms with Crippen LogP contribution >= 0.6 is 23.2 Å². The second-order valence-corrected chi connectivity index (χ2v) is 9.84. The van der Waals surface area contributed by atoms with E-state index < -0.39 is 25.4 Å². The fraction of sp³-hybridized carbons (Fsp3) is 0.308. The summed E-state index contributed by atoms with van der Waals surface area (Å²) >= 11 is 11.8. The maximum absolute atomic E-state index is 12.4. The minimum Gasteiger partial charge on any atom is -0.399 e. The first-order valence-corrected chi connectivity index (χ1v) is 11.0. The summed E-state index contributed by atoms with van der Waals surface area (Å²) in [6.45, 7) is -0.302. The Morgan fingerprint density at radius 1 is 1.25 bits per heavy atom. The lowest BCUT2D eigenvalue weighted by molar-refractivity contribution is 0.213. The number of aromatic nitrogens is 3. The highest BCUT2D eigenvalue weighted by Gasteiger charge is 2.25. The Labute approximate surface area is 172 Å². The van der Waals surface area contributed by atoms with Crippen molar-refractivity contribution in [1.82, 2.24) is 23.2 Å². The number of oxime groups is 1. The lowest BCUT2D eigenvalue weighted by Crippen LogP contribution is -2.32. The molecule has 1 aromatic carbocycles. The fourth-order valence-electron chi connectivity index (χ4n) is 1.84. The summed E-state index contributed by atoms with van der Waals surface area (Å²) in [5.74, 6) is 0. The largest absolute Gasteiger partial charge is 0.399 e. The van der Waals surface area contributed by atoms with Crippen LogP contribution in [0.5, 0.6) is 0 Å². The first-order chi connectivity index (χ1) is 13.0. The second-order valence-electron chi connectivity index (χ2n) is 5.36. The summed E-state index contributed by atoms with van der Waals surface area (Å²) in [6, 6.07) is 4.60. The van der Waals surface area contributed by atoms with E-state index in [0.717, 1.165) is 10.6 Å². The molecule has 11 nitrogen and oxygen atoms in total. The van der Waals surface area contributed by atoms with Crippen LogP contribution in [0.3, 0.4) is 0 Å². The zero-order valence-corrected chi connectivity index (χ0v) is 18.0. The predicted octanol–water partition coefficient (Wildman–Crippen LogP) is 0.568. The Morgan fingerprint density at radius 3 is 2.50 bits per heavy atom. The Morgan fingerprint density at radius 2 is 1.93 bits per heavy atom. The van der Waals surface area contributed by atoms with Crippen molar-refractivity contribution < 1.29 is 21.7 Å². The van der Waals surface area contributed by atoms with E-state index in [0.29, 0.717) is 14.7 Å². The molecule has 1 heterocycles. The number of hydrogen-bond donors (Lipinski definition) is 1. The molecule has 0 atom stereocenters. The molecular formula is C13H16Cl2N6O5S2. The van der Waals surface area contributed by atoms with E-state index in [1.165, 1.54) is 33.3 Å². The molecule has 15 heteroatoms. The molecule has 0 aliphatic carbocycles.